The lowest BCUT2D eigenvalue weighted by Gasteiger charge is -2.34. The van der Waals surface area contributed by atoms with Crippen LogP contribution in [-0.4, -0.2) is 23.0 Å². The van der Waals surface area contributed by atoms with Crippen molar-refractivity contribution in [2.24, 2.45) is 0 Å². The number of nitrogens with zero attached hydrogens (tertiary/aromatic N) is 3. The maximum atomic E-state index is 13.6. The number of fused-ring (bicyclic) bond motifs is 4. The Hall–Kier alpha value is -2.45. The number of aromatic nitrogens is 1. The number of likely N-dealkylation sites (N-methyl/N-ethyl adjacent to an activating group) is 1. The molecule has 2 atom stereocenters. The van der Waals surface area contributed by atoms with E-state index in [0.717, 1.165) is 47.2 Å². The number of nitrogen functional groups attached to an aromatic ring is 1. The summed E-state index contributed by atoms with van der Waals surface area (Å²) in [4.78, 5) is 6.93. The highest BCUT2D eigenvalue weighted by atomic mass is 19.1. The third kappa shape index (κ3) is 2.03. The number of nitrogens with two attached hydrogens (primary N) is 1. The monoisotopic (exact) mass is 322 g/mol. The van der Waals surface area contributed by atoms with E-state index in [9.17, 15) is 9.65 Å². The van der Waals surface area contributed by atoms with Crippen LogP contribution in [-0.2, 0) is 6.42 Å². The largest absolute Gasteiger partial charge is 0.383 e. The standard InChI is InChI=1S/C19H19FN4/c1-10-7-11(20)3-5-13(10)17-14(9-21)19(22)23-15-8-12-4-6-16(18(15)17)24(12)2/h3,5,7,12,16H,4,6,8H2,1-2H3,(H2,22,23)/t12-,16+/m1/s1. The van der Waals surface area contributed by atoms with E-state index in [0.29, 0.717) is 11.6 Å². The Labute approximate surface area is 140 Å². The Balaban J connectivity index is 2.06. The second-order valence-electron chi connectivity index (χ2n) is 6.80. The van der Waals surface area contributed by atoms with Crippen molar-refractivity contribution in [3.8, 4) is 17.2 Å². The van der Waals surface area contributed by atoms with E-state index in [1.807, 2.05) is 6.92 Å². The van der Waals surface area contributed by atoms with Gasteiger partial charge in [0.25, 0.3) is 0 Å². The summed E-state index contributed by atoms with van der Waals surface area (Å²) in [6.45, 7) is 1.87. The maximum Gasteiger partial charge on any atom is 0.142 e. The number of nitriles is 1. The maximum absolute atomic E-state index is 13.6. The van der Waals surface area contributed by atoms with Gasteiger partial charge in [0.05, 0.1) is 0 Å². The molecule has 2 aliphatic rings. The summed E-state index contributed by atoms with van der Waals surface area (Å²) in [5.41, 5.74) is 11.1. The summed E-state index contributed by atoms with van der Waals surface area (Å²) in [6.07, 6.45) is 3.03. The fourth-order valence-corrected chi connectivity index (χ4v) is 4.31. The quantitative estimate of drug-likeness (QED) is 0.874. The van der Waals surface area contributed by atoms with Crippen molar-refractivity contribution in [3.05, 3.63) is 46.4 Å². The first-order valence-electron chi connectivity index (χ1n) is 8.22. The number of rotatable bonds is 1. The van der Waals surface area contributed by atoms with Crippen molar-refractivity contribution < 1.29 is 4.39 Å². The Morgan fingerprint density at radius 1 is 1.38 bits per heavy atom. The van der Waals surface area contributed by atoms with Crippen LogP contribution in [0.3, 0.4) is 0 Å². The minimum Gasteiger partial charge on any atom is -0.383 e. The van der Waals surface area contributed by atoms with Gasteiger partial charge in [0.2, 0.25) is 0 Å². The minimum absolute atomic E-state index is 0.249. The lowest BCUT2D eigenvalue weighted by Crippen LogP contribution is -2.35. The summed E-state index contributed by atoms with van der Waals surface area (Å²) in [7, 11) is 2.13. The van der Waals surface area contributed by atoms with Crippen LogP contribution in [0, 0.1) is 24.1 Å². The first-order chi connectivity index (χ1) is 11.5. The van der Waals surface area contributed by atoms with Gasteiger partial charge in [-0.25, -0.2) is 9.37 Å². The van der Waals surface area contributed by atoms with E-state index in [4.69, 9.17) is 5.73 Å². The predicted molar refractivity (Wildman–Crippen MR) is 90.7 cm³/mol. The molecule has 0 saturated carbocycles. The number of aryl methyl sites for hydroxylation is 1. The van der Waals surface area contributed by atoms with E-state index in [-0.39, 0.29) is 17.7 Å². The molecule has 24 heavy (non-hydrogen) atoms. The molecule has 0 amide bonds. The van der Waals surface area contributed by atoms with E-state index in [1.165, 1.54) is 12.1 Å². The molecule has 2 N–H and O–H groups in total. The summed E-state index contributed by atoms with van der Waals surface area (Å²) in [5, 5.41) is 9.69. The highest BCUT2D eigenvalue weighted by Gasteiger charge is 2.41. The number of hydrogen-bond donors (Lipinski definition) is 1. The van der Waals surface area contributed by atoms with Gasteiger partial charge in [0.15, 0.2) is 0 Å². The first kappa shape index (κ1) is 15.1. The third-order valence-electron chi connectivity index (χ3n) is 5.51. The summed E-state index contributed by atoms with van der Waals surface area (Å²) < 4.78 is 13.6. The number of anilines is 1. The molecule has 1 aromatic carbocycles. The van der Waals surface area contributed by atoms with Crippen molar-refractivity contribution in [1.82, 2.24) is 9.88 Å². The Morgan fingerprint density at radius 2 is 2.17 bits per heavy atom. The molecule has 2 aliphatic heterocycles. The molecule has 1 saturated heterocycles. The van der Waals surface area contributed by atoms with Gasteiger partial charge in [0, 0.05) is 35.3 Å². The lowest BCUT2D eigenvalue weighted by atomic mass is 9.85. The van der Waals surface area contributed by atoms with Crippen molar-refractivity contribution in [2.75, 3.05) is 12.8 Å². The zero-order valence-electron chi connectivity index (χ0n) is 13.8. The van der Waals surface area contributed by atoms with Crippen molar-refractivity contribution in [1.29, 1.82) is 5.26 Å². The number of hydrogen-bond acceptors (Lipinski definition) is 4. The Kier molecular flexibility index (Phi) is 3.33. The van der Waals surface area contributed by atoms with E-state index < -0.39 is 0 Å². The molecule has 2 aromatic rings. The molecule has 5 heteroatoms. The molecule has 122 valence electrons. The second-order valence-corrected chi connectivity index (χ2v) is 6.80. The smallest absolute Gasteiger partial charge is 0.142 e. The summed E-state index contributed by atoms with van der Waals surface area (Å²) in [5.74, 6) is 0.00244. The molecule has 1 aromatic heterocycles. The topological polar surface area (TPSA) is 65.9 Å². The first-order valence-corrected chi connectivity index (χ1v) is 8.22. The van der Waals surface area contributed by atoms with Gasteiger partial charge in [-0.3, -0.25) is 4.90 Å². The van der Waals surface area contributed by atoms with Gasteiger partial charge in [-0.05, 0) is 50.1 Å². The van der Waals surface area contributed by atoms with Crippen LogP contribution < -0.4 is 5.73 Å². The molecule has 0 unspecified atom stereocenters. The van der Waals surface area contributed by atoms with Crippen molar-refractivity contribution in [3.63, 3.8) is 0 Å². The Bertz CT molecular complexity index is 884. The van der Waals surface area contributed by atoms with Gasteiger partial charge >= 0.3 is 0 Å². The molecular weight excluding hydrogens is 303 g/mol. The van der Waals surface area contributed by atoms with Crippen molar-refractivity contribution in [2.45, 2.75) is 38.3 Å². The van der Waals surface area contributed by atoms with E-state index >= 15 is 0 Å². The van der Waals surface area contributed by atoms with Crippen molar-refractivity contribution >= 4 is 5.82 Å². The minimum atomic E-state index is -0.274. The molecular formula is C19H19FN4. The molecule has 1 fully saturated rings. The average Bonchev–Trinajstić information content (AvgIpc) is 2.78. The molecule has 3 heterocycles. The number of halogens is 1. The summed E-state index contributed by atoms with van der Waals surface area (Å²) in [6, 6.07) is 7.66. The molecule has 2 bridgehead atoms. The van der Waals surface area contributed by atoms with Crippen LogP contribution in [0.15, 0.2) is 18.2 Å². The van der Waals surface area contributed by atoms with Crippen LogP contribution in [0.4, 0.5) is 10.2 Å². The molecule has 0 radical (unpaired) electrons. The second kappa shape index (κ2) is 5.29. The van der Waals surface area contributed by atoms with Crippen LogP contribution in [0.2, 0.25) is 0 Å². The molecule has 0 spiro atoms. The fraction of sp³-hybridized carbons (Fsp3) is 0.368. The molecule has 4 nitrogen and oxygen atoms in total. The van der Waals surface area contributed by atoms with Crippen LogP contribution in [0.1, 0.15) is 41.3 Å². The number of pyridine rings is 1. The van der Waals surface area contributed by atoms with Gasteiger partial charge in [0.1, 0.15) is 23.3 Å². The fourth-order valence-electron chi connectivity index (χ4n) is 4.31. The SMILES string of the molecule is Cc1cc(F)ccc1-c1c(C#N)c(N)nc2c1[C@@H]1CC[C@H](C2)N1C. The molecule has 4 rings (SSSR count). The van der Waals surface area contributed by atoms with Gasteiger partial charge in [-0.2, -0.15) is 5.26 Å². The summed E-state index contributed by atoms with van der Waals surface area (Å²) >= 11 is 0. The highest BCUT2D eigenvalue weighted by molar-refractivity contribution is 5.81. The predicted octanol–water partition coefficient (Wildman–Crippen LogP) is 3.34. The van der Waals surface area contributed by atoms with E-state index in [2.05, 4.69) is 23.0 Å². The van der Waals surface area contributed by atoms with Crippen LogP contribution in [0.5, 0.6) is 0 Å². The number of benzene rings is 1. The van der Waals surface area contributed by atoms with Crippen LogP contribution in [0.25, 0.3) is 11.1 Å². The lowest BCUT2D eigenvalue weighted by molar-refractivity contribution is 0.222. The van der Waals surface area contributed by atoms with Gasteiger partial charge in [-0.15, -0.1) is 0 Å². The Morgan fingerprint density at radius 3 is 2.88 bits per heavy atom. The zero-order valence-corrected chi connectivity index (χ0v) is 13.8. The third-order valence-corrected chi connectivity index (χ3v) is 5.51. The molecule has 0 aliphatic carbocycles. The highest BCUT2D eigenvalue weighted by Crippen LogP contribution is 2.48. The van der Waals surface area contributed by atoms with Gasteiger partial charge in [-0.1, -0.05) is 6.07 Å². The normalized spacial score (nSPS) is 22.2. The zero-order chi connectivity index (χ0) is 17.0. The van der Waals surface area contributed by atoms with Gasteiger partial charge < -0.3 is 5.73 Å². The average molecular weight is 322 g/mol. The van der Waals surface area contributed by atoms with Crippen LogP contribution >= 0.6 is 0 Å². The van der Waals surface area contributed by atoms with E-state index in [1.54, 1.807) is 6.07 Å².